The smallest absolute Gasteiger partial charge is 0.242 e. The molecule has 2 heterocycles. The summed E-state index contributed by atoms with van der Waals surface area (Å²) in [5, 5.41) is 3.16. The van der Waals surface area contributed by atoms with Gasteiger partial charge in [-0.25, -0.2) is 18.1 Å². The Hall–Kier alpha value is -1.18. The minimum atomic E-state index is -3.49. The second-order valence-corrected chi connectivity index (χ2v) is 5.91. The van der Waals surface area contributed by atoms with E-state index in [2.05, 4.69) is 15.0 Å². The predicted octanol–water partition coefficient (Wildman–Crippen LogP) is 0.120. The Morgan fingerprint density at radius 2 is 2.33 bits per heavy atom. The van der Waals surface area contributed by atoms with Crippen LogP contribution < -0.4 is 14.8 Å². The van der Waals surface area contributed by atoms with Crippen molar-refractivity contribution in [2.45, 2.75) is 23.8 Å². The molecule has 2 N–H and O–H groups in total. The van der Waals surface area contributed by atoms with Crippen LogP contribution in [0.15, 0.2) is 23.2 Å². The van der Waals surface area contributed by atoms with Gasteiger partial charge in [-0.05, 0) is 25.5 Å². The topological polar surface area (TPSA) is 80.3 Å². The summed E-state index contributed by atoms with van der Waals surface area (Å²) in [6.07, 6.45) is 3.14. The highest BCUT2D eigenvalue weighted by atomic mass is 32.2. The van der Waals surface area contributed by atoms with Gasteiger partial charge in [-0.3, -0.25) is 0 Å². The quantitative estimate of drug-likeness (QED) is 0.813. The standard InChI is InChI=1S/C11H17N3O3S/c1-17-11-5-4-10(8-13-11)18(15,16)14-9-3-2-6-12-7-9/h4-5,8-9,12,14H,2-3,6-7H2,1H3/t9-/m0/s1. The molecule has 1 aliphatic heterocycles. The molecule has 0 bridgehead atoms. The van der Waals surface area contributed by atoms with Crippen molar-refractivity contribution >= 4 is 10.0 Å². The van der Waals surface area contributed by atoms with E-state index in [9.17, 15) is 8.42 Å². The fourth-order valence-electron chi connectivity index (χ4n) is 1.89. The summed E-state index contributed by atoms with van der Waals surface area (Å²) in [5.41, 5.74) is 0. The molecule has 0 unspecified atom stereocenters. The molecule has 6 nitrogen and oxygen atoms in total. The van der Waals surface area contributed by atoms with E-state index in [-0.39, 0.29) is 10.9 Å². The number of sulfonamides is 1. The third-order valence-electron chi connectivity index (χ3n) is 2.85. The predicted molar refractivity (Wildman–Crippen MR) is 67.0 cm³/mol. The Kier molecular flexibility index (Phi) is 4.15. The molecule has 0 saturated carbocycles. The summed E-state index contributed by atoms with van der Waals surface area (Å²) < 4.78 is 31.7. The van der Waals surface area contributed by atoms with E-state index < -0.39 is 10.0 Å². The molecule has 1 saturated heterocycles. The molecule has 0 radical (unpaired) electrons. The number of nitrogens with one attached hydrogen (secondary N) is 2. The number of nitrogens with zero attached hydrogens (tertiary/aromatic N) is 1. The molecule has 1 aliphatic rings. The number of ether oxygens (including phenoxy) is 1. The summed E-state index contributed by atoms with van der Waals surface area (Å²) in [4.78, 5) is 4.06. The van der Waals surface area contributed by atoms with E-state index in [0.717, 1.165) is 19.4 Å². The van der Waals surface area contributed by atoms with Crippen LogP contribution in [0.2, 0.25) is 0 Å². The highest BCUT2D eigenvalue weighted by Crippen LogP contribution is 2.13. The number of aromatic nitrogens is 1. The van der Waals surface area contributed by atoms with Gasteiger partial charge in [0.25, 0.3) is 0 Å². The molecule has 0 spiro atoms. The molecule has 1 fully saturated rings. The zero-order valence-corrected chi connectivity index (χ0v) is 11.0. The van der Waals surface area contributed by atoms with Crippen LogP contribution in [0.5, 0.6) is 5.88 Å². The maximum absolute atomic E-state index is 12.1. The molecule has 0 aliphatic carbocycles. The minimum Gasteiger partial charge on any atom is -0.481 e. The zero-order valence-electron chi connectivity index (χ0n) is 10.2. The lowest BCUT2D eigenvalue weighted by Gasteiger charge is -2.23. The van der Waals surface area contributed by atoms with Crippen molar-refractivity contribution in [1.29, 1.82) is 0 Å². The van der Waals surface area contributed by atoms with Gasteiger partial charge >= 0.3 is 0 Å². The Bertz CT molecular complexity index is 481. The average molecular weight is 271 g/mol. The largest absolute Gasteiger partial charge is 0.481 e. The number of methoxy groups -OCH3 is 1. The molecule has 1 atom stereocenters. The summed E-state index contributed by atoms with van der Waals surface area (Å²) in [5.74, 6) is 0.397. The zero-order chi connectivity index (χ0) is 13.0. The van der Waals surface area contributed by atoms with Crippen molar-refractivity contribution in [2.24, 2.45) is 0 Å². The van der Waals surface area contributed by atoms with E-state index in [1.54, 1.807) is 0 Å². The van der Waals surface area contributed by atoms with Crippen molar-refractivity contribution in [1.82, 2.24) is 15.0 Å². The molecular weight excluding hydrogens is 254 g/mol. The van der Waals surface area contributed by atoms with Crippen LogP contribution >= 0.6 is 0 Å². The lowest BCUT2D eigenvalue weighted by atomic mass is 10.1. The van der Waals surface area contributed by atoms with Gasteiger partial charge in [0.15, 0.2) is 0 Å². The van der Waals surface area contributed by atoms with Crippen molar-refractivity contribution in [3.05, 3.63) is 18.3 Å². The first-order valence-electron chi connectivity index (χ1n) is 5.85. The lowest BCUT2D eigenvalue weighted by Crippen LogP contribution is -2.45. The lowest BCUT2D eigenvalue weighted by molar-refractivity contribution is 0.397. The number of hydrogen-bond donors (Lipinski definition) is 2. The van der Waals surface area contributed by atoms with Crippen LogP contribution in [-0.4, -0.2) is 39.6 Å². The fourth-order valence-corrected chi connectivity index (χ4v) is 3.10. The first-order chi connectivity index (χ1) is 8.62. The Morgan fingerprint density at radius 3 is 2.89 bits per heavy atom. The first kappa shape index (κ1) is 13.3. The maximum Gasteiger partial charge on any atom is 0.242 e. The number of rotatable bonds is 4. The third-order valence-corrected chi connectivity index (χ3v) is 4.35. The second kappa shape index (κ2) is 5.64. The van der Waals surface area contributed by atoms with Gasteiger partial charge in [-0.1, -0.05) is 0 Å². The van der Waals surface area contributed by atoms with Crippen LogP contribution in [0, 0.1) is 0 Å². The normalized spacial score (nSPS) is 20.6. The highest BCUT2D eigenvalue weighted by Gasteiger charge is 2.21. The first-order valence-corrected chi connectivity index (χ1v) is 7.33. The Morgan fingerprint density at radius 1 is 1.50 bits per heavy atom. The minimum absolute atomic E-state index is 0.0501. The van der Waals surface area contributed by atoms with Crippen LogP contribution in [0.3, 0.4) is 0 Å². The third kappa shape index (κ3) is 3.18. The fraction of sp³-hybridized carbons (Fsp3) is 0.545. The van der Waals surface area contributed by atoms with Crippen LogP contribution in [0.4, 0.5) is 0 Å². The number of piperidine rings is 1. The SMILES string of the molecule is COc1ccc(S(=O)(=O)N[C@H]2CCCNC2)cn1. The van der Waals surface area contributed by atoms with Gasteiger partial charge < -0.3 is 10.1 Å². The van der Waals surface area contributed by atoms with Crippen LogP contribution in [0.1, 0.15) is 12.8 Å². The van der Waals surface area contributed by atoms with Gasteiger partial charge in [0.1, 0.15) is 4.90 Å². The molecule has 1 aromatic heterocycles. The van der Waals surface area contributed by atoms with Gasteiger partial charge in [-0.2, -0.15) is 0 Å². The summed E-state index contributed by atoms with van der Waals surface area (Å²) in [7, 11) is -2.00. The van der Waals surface area contributed by atoms with Gasteiger partial charge in [0.2, 0.25) is 15.9 Å². The Labute approximate surface area is 107 Å². The van der Waals surface area contributed by atoms with E-state index >= 15 is 0 Å². The van der Waals surface area contributed by atoms with Crippen molar-refractivity contribution < 1.29 is 13.2 Å². The van der Waals surface area contributed by atoms with Crippen LogP contribution in [-0.2, 0) is 10.0 Å². The number of pyridine rings is 1. The number of hydrogen-bond acceptors (Lipinski definition) is 5. The average Bonchev–Trinajstić information content (AvgIpc) is 2.39. The van der Waals surface area contributed by atoms with Crippen molar-refractivity contribution in [3.63, 3.8) is 0 Å². The summed E-state index contributed by atoms with van der Waals surface area (Å²) >= 11 is 0. The van der Waals surface area contributed by atoms with Crippen LogP contribution in [0.25, 0.3) is 0 Å². The monoisotopic (exact) mass is 271 g/mol. The van der Waals surface area contributed by atoms with Gasteiger partial charge in [-0.15, -0.1) is 0 Å². The van der Waals surface area contributed by atoms with E-state index in [1.807, 2.05) is 0 Å². The van der Waals surface area contributed by atoms with E-state index in [0.29, 0.717) is 12.4 Å². The maximum atomic E-state index is 12.1. The summed E-state index contributed by atoms with van der Waals surface area (Å²) in [6, 6.07) is 2.98. The van der Waals surface area contributed by atoms with E-state index in [4.69, 9.17) is 4.74 Å². The van der Waals surface area contributed by atoms with Gasteiger partial charge in [0.05, 0.1) is 13.3 Å². The van der Waals surface area contributed by atoms with Crippen molar-refractivity contribution in [3.8, 4) is 5.88 Å². The molecule has 0 aromatic carbocycles. The van der Waals surface area contributed by atoms with Crippen molar-refractivity contribution in [2.75, 3.05) is 20.2 Å². The van der Waals surface area contributed by atoms with Gasteiger partial charge in [0, 0.05) is 18.7 Å². The summed E-state index contributed by atoms with van der Waals surface area (Å²) in [6.45, 7) is 1.62. The molecule has 0 amide bonds. The highest BCUT2D eigenvalue weighted by molar-refractivity contribution is 7.89. The molecule has 1 aromatic rings. The molecular formula is C11H17N3O3S. The molecule has 7 heteroatoms. The molecule has 100 valence electrons. The Balaban J connectivity index is 2.08. The molecule has 18 heavy (non-hydrogen) atoms. The van der Waals surface area contributed by atoms with E-state index in [1.165, 1.54) is 25.4 Å². The second-order valence-electron chi connectivity index (χ2n) is 4.20. The molecule has 2 rings (SSSR count).